The second kappa shape index (κ2) is 42.8. The van der Waals surface area contributed by atoms with Crippen LogP contribution < -0.4 is 5.32 Å². The van der Waals surface area contributed by atoms with Gasteiger partial charge in [-0.3, -0.25) is 9.59 Å². The van der Waals surface area contributed by atoms with Gasteiger partial charge < -0.3 is 24.6 Å². The molecule has 1 N–H and O–H groups in total. The Hall–Kier alpha value is -1.83. The maximum Gasteiger partial charge on any atom is 0.316 e. The Bertz CT molecular complexity index is 854. The Morgan fingerprint density at radius 1 is 0.464 bits per heavy atom. The molecule has 0 aliphatic rings. The standard InChI is InChI=1S/C48H95N3O5/c1-6-9-12-15-18-19-20-26-34-44-55-46(52)38-31-27-33-42-51(43-35-40-49-48(54)50(4)5)41-32-25-21-24-30-39-47(53)56-45(36-28-22-16-13-10-7-2)37-29-23-17-14-11-8-3/h45H,6-44H2,1-5H3,(H,49,54). The lowest BCUT2D eigenvalue weighted by molar-refractivity contribution is -0.150. The third-order valence-electron chi connectivity index (χ3n) is 11.1. The molecule has 0 aliphatic heterocycles. The van der Waals surface area contributed by atoms with E-state index in [2.05, 4.69) is 31.0 Å². The molecule has 0 rings (SSSR count). The lowest BCUT2D eigenvalue weighted by atomic mass is 10.0. The van der Waals surface area contributed by atoms with E-state index < -0.39 is 0 Å². The number of rotatable bonds is 43. The smallest absolute Gasteiger partial charge is 0.316 e. The lowest BCUT2D eigenvalue weighted by Gasteiger charge is -2.23. The lowest BCUT2D eigenvalue weighted by Crippen LogP contribution is -2.36. The minimum atomic E-state index is -0.0486. The number of nitrogens with one attached hydrogen (secondary N) is 1. The number of urea groups is 1. The maximum absolute atomic E-state index is 12.8. The fraction of sp³-hybridized carbons (Fsp3) is 0.938. The highest BCUT2D eigenvalue weighted by atomic mass is 16.5. The van der Waals surface area contributed by atoms with Gasteiger partial charge in [-0.25, -0.2) is 4.79 Å². The van der Waals surface area contributed by atoms with Gasteiger partial charge in [0.2, 0.25) is 0 Å². The van der Waals surface area contributed by atoms with Crippen molar-refractivity contribution in [2.24, 2.45) is 0 Å². The number of esters is 2. The summed E-state index contributed by atoms with van der Waals surface area (Å²) in [6.45, 7) is 11.0. The topological polar surface area (TPSA) is 88.2 Å². The molecule has 0 atom stereocenters. The molecule has 8 heteroatoms. The molecule has 0 aromatic heterocycles. The van der Waals surface area contributed by atoms with Crippen LogP contribution in [0.3, 0.4) is 0 Å². The molecule has 332 valence electrons. The predicted octanol–water partition coefficient (Wildman–Crippen LogP) is 13.3. The van der Waals surface area contributed by atoms with Crippen LogP contribution in [0.4, 0.5) is 4.79 Å². The highest BCUT2D eigenvalue weighted by Crippen LogP contribution is 2.18. The summed E-state index contributed by atoms with van der Waals surface area (Å²) in [6.07, 6.45) is 39.2. The molecule has 0 fully saturated rings. The van der Waals surface area contributed by atoms with Crippen molar-refractivity contribution in [3.05, 3.63) is 0 Å². The first kappa shape index (κ1) is 54.2. The molecule has 0 unspecified atom stereocenters. The summed E-state index contributed by atoms with van der Waals surface area (Å²) in [5.41, 5.74) is 0. The Labute approximate surface area is 348 Å². The molecule has 0 bridgehead atoms. The van der Waals surface area contributed by atoms with Crippen molar-refractivity contribution in [3.63, 3.8) is 0 Å². The summed E-state index contributed by atoms with van der Waals surface area (Å²) < 4.78 is 11.5. The molecule has 0 aromatic carbocycles. The normalized spacial score (nSPS) is 11.4. The molecule has 0 aromatic rings. The molecule has 2 amide bonds. The summed E-state index contributed by atoms with van der Waals surface area (Å²) in [7, 11) is 3.53. The van der Waals surface area contributed by atoms with E-state index in [1.165, 1.54) is 122 Å². The highest BCUT2D eigenvalue weighted by molar-refractivity contribution is 5.73. The van der Waals surface area contributed by atoms with Crippen LogP contribution in [0.5, 0.6) is 0 Å². The van der Waals surface area contributed by atoms with Crippen LogP contribution in [-0.4, -0.2) is 80.8 Å². The van der Waals surface area contributed by atoms with Crippen LogP contribution in [0.2, 0.25) is 0 Å². The van der Waals surface area contributed by atoms with Crippen molar-refractivity contribution in [1.82, 2.24) is 15.1 Å². The fourth-order valence-corrected chi connectivity index (χ4v) is 7.39. The van der Waals surface area contributed by atoms with Crippen molar-refractivity contribution in [2.45, 2.75) is 245 Å². The van der Waals surface area contributed by atoms with E-state index in [0.29, 0.717) is 26.0 Å². The van der Waals surface area contributed by atoms with E-state index in [0.717, 1.165) is 103 Å². The Morgan fingerprint density at radius 3 is 1.36 bits per heavy atom. The Morgan fingerprint density at radius 2 is 0.857 bits per heavy atom. The zero-order valence-corrected chi connectivity index (χ0v) is 38.1. The minimum absolute atomic E-state index is 0.00608. The van der Waals surface area contributed by atoms with E-state index in [1.54, 1.807) is 19.0 Å². The van der Waals surface area contributed by atoms with Gasteiger partial charge in [0.15, 0.2) is 0 Å². The zero-order chi connectivity index (χ0) is 41.2. The number of hydrogen-bond donors (Lipinski definition) is 1. The van der Waals surface area contributed by atoms with E-state index in [9.17, 15) is 14.4 Å². The van der Waals surface area contributed by atoms with E-state index in [1.807, 2.05) is 0 Å². The second-order valence-corrected chi connectivity index (χ2v) is 16.9. The first-order chi connectivity index (χ1) is 27.3. The molecule has 0 spiro atoms. The average Bonchev–Trinajstić information content (AvgIpc) is 3.18. The first-order valence-electron chi connectivity index (χ1n) is 24.4. The van der Waals surface area contributed by atoms with Gasteiger partial charge >= 0.3 is 18.0 Å². The van der Waals surface area contributed by atoms with Crippen LogP contribution in [0.1, 0.15) is 239 Å². The van der Waals surface area contributed by atoms with Crippen LogP contribution in [-0.2, 0) is 19.1 Å². The summed E-state index contributed by atoms with van der Waals surface area (Å²) in [4.78, 5) is 41.1. The van der Waals surface area contributed by atoms with Crippen LogP contribution >= 0.6 is 0 Å². The molecular weight excluding hydrogens is 699 g/mol. The molecule has 56 heavy (non-hydrogen) atoms. The SMILES string of the molecule is CCCCCCCCCCCOC(=O)CCCCCN(CCCCCCCC(=O)OC(CCCCCCCC)CCCCCCCC)CCCNC(=O)N(C)C. The number of amides is 2. The number of unbranched alkanes of at least 4 members (excludes halogenated alkanes) is 24. The minimum Gasteiger partial charge on any atom is -0.466 e. The van der Waals surface area contributed by atoms with Crippen molar-refractivity contribution in [2.75, 3.05) is 46.9 Å². The van der Waals surface area contributed by atoms with Gasteiger partial charge in [0.05, 0.1) is 6.61 Å². The van der Waals surface area contributed by atoms with Crippen molar-refractivity contribution in [1.29, 1.82) is 0 Å². The number of carbonyl (C=O) groups is 3. The zero-order valence-electron chi connectivity index (χ0n) is 38.1. The monoisotopic (exact) mass is 794 g/mol. The van der Waals surface area contributed by atoms with Crippen LogP contribution in [0, 0.1) is 0 Å². The second-order valence-electron chi connectivity index (χ2n) is 16.9. The quantitative estimate of drug-likeness (QED) is 0.0488. The van der Waals surface area contributed by atoms with Gasteiger partial charge in [-0.05, 0) is 83.8 Å². The summed E-state index contributed by atoms with van der Waals surface area (Å²) in [6, 6.07) is -0.0451. The summed E-state index contributed by atoms with van der Waals surface area (Å²) in [5.74, 6) is -0.0426. The van der Waals surface area contributed by atoms with Crippen LogP contribution in [0.25, 0.3) is 0 Å². The fourth-order valence-electron chi connectivity index (χ4n) is 7.39. The first-order valence-corrected chi connectivity index (χ1v) is 24.4. The van der Waals surface area contributed by atoms with Crippen molar-refractivity contribution in [3.8, 4) is 0 Å². The van der Waals surface area contributed by atoms with E-state index in [-0.39, 0.29) is 24.1 Å². The third-order valence-corrected chi connectivity index (χ3v) is 11.1. The van der Waals surface area contributed by atoms with Crippen molar-refractivity contribution < 1.29 is 23.9 Å². The van der Waals surface area contributed by atoms with Gasteiger partial charge in [-0.2, -0.15) is 0 Å². The number of hydrogen-bond acceptors (Lipinski definition) is 6. The Kier molecular flexibility index (Phi) is 41.4. The summed E-state index contributed by atoms with van der Waals surface area (Å²) >= 11 is 0. The highest BCUT2D eigenvalue weighted by Gasteiger charge is 2.15. The molecule has 0 saturated carbocycles. The molecule has 0 saturated heterocycles. The molecule has 8 nitrogen and oxygen atoms in total. The average molecular weight is 794 g/mol. The molecular formula is C48H95N3O5. The van der Waals surface area contributed by atoms with Crippen molar-refractivity contribution >= 4 is 18.0 Å². The third kappa shape index (κ3) is 39.0. The predicted molar refractivity (Wildman–Crippen MR) is 238 cm³/mol. The molecule has 0 heterocycles. The number of ether oxygens (including phenoxy) is 2. The Balaban J connectivity index is 4.37. The van der Waals surface area contributed by atoms with Gasteiger partial charge in [-0.1, -0.05) is 162 Å². The largest absolute Gasteiger partial charge is 0.466 e. The molecule has 0 radical (unpaired) electrons. The number of carbonyl (C=O) groups excluding carboxylic acids is 3. The van der Waals surface area contributed by atoms with E-state index in [4.69, 9.17) is 9.47 Å². The number of nitrogens with zero attached hydrogens (tertiary/aromatic N) is 2. The van der Waals surface area contributed by atoms with Gasteiger partial charge in [-0.15, -0.1) is 0 Å². The van der Waals surface area contributed by atoms with Crippen LogP contribution in [0.15, 0.2) is 0 Å². The van der Waals surface area contributed by atoms with E-state index >= 15 is 0 Å². The molecule has 0 aliphatic carbocycles. The maximum atomic E-state index is 12.8. The van der Waals surface area contributed by atoms with Gasteiger partial charge in [0, 0.05) is 33.5 Å². The van der Waals surface area contributed by atoms with Gasteiger partial charge in [0.1, 0.15) is 6.10 Å². The summed E-state index contributed by atoms with van der Waals surface area (Å²) in [5, 5.41) is 2.99. The van der Waals surface area contributed by atoms with Gasteiger partial charge in [0.25, 0.3) is 0 Å².